The first kappa shape index (κ1) is 85.9. The molecule has 10 N–H and O–H groups in total. The summed E-state index contributed by atoms with van der Waals surface area (Å²) in [6, 6.07) is 24.4. The second-order valence-electron chi connectivity index (χ2n) is 27.1. The monoisotopic (exact) mass is 1750 g/mol. The van der Waals surface area contributed by atoms with E-state index in [-0.39, 0.29) is 19.6 Å². The lowest BCUT2D eigenvalue weighted by atomic mass is 10.0. The molecule has 20 nitrogen and oxygen atoms in total. The number of hydrogen-bond acceptors (Lipinski definition) is 14. The zero-order valence-corrected chi connectivity index (χ0v) is 65.6. The highest BCUT2D eigenvalue weighted by Gasteiger charge is 2.37. The van der Waals surface area contributed by atoms with Crippen LogP contribution in [-0.4, -0.2) is 106 Å². The average molecular weight is 1750 g/mol. The molecule has 8 aromatic carbocycles. The van der Waals surface area contributed by atoms with Crippen molar-refractivity contribution in [1.82, 2.24) is 38.8 Å². The zero-order valence-electron chi connectivity index (χ0n) is 62.4. The first-order valence-corrected chi connectivity index (χ1v) is 41.6. The van der Waals surface area contributed by atoms with Crippen molar-refractivity contribution in [3.05, 3.63) is 259 Å². The molecule has 2 aliphatic rings. The number of rotatable bonds is 28. The van der Waals surface area contributed by atoms with Gasteiger partial charge in [0.15, 0.2) is 93.1 Å². The lowest BCUT2D eigenvalue weighted by molar-refractivity contribution is 0.462. The summed E-state index contributed by atoms with van der Waals surface area (Å²) >= 11 is 0. The molecule has 0 saturated carbocycles. The summed E-state index contributed by atoms with van der Waals surface area (Å²) in [4.78, 5) is 12.5. The molecule has 0 saturated heterocycles. The van der Waals surface area contributed by atoms with Crippen LogP contribution in [-0.2, 0) is 40.1 Å². The fourth-order valence-electron chi connectivity index (χ4n) is 13.0. The number of anilines is 4. The van der Waals surface area contributed by atoms with E-state index in [9.17, 15) is 33.7 Å². The molecule has 3 aromatic heterocycles. The van der Waals surface area contributed by atoms with Gasteiger partial charge in [0.1, 0.15) is 22.7 Å². The molecule has 0 fully saturated rings. The molecule has 5 heterocycles. The van der Waals surface area contributed by atoms with Crippen LogP contribution < -0.4 is 40.2 Å². The molecule has 626 valence electrons. The molecule has 0 aliphatic carbocycles. The minimum atomic E-state index is -4.33. The number of aryl methyl sites for hydroxylation is 4. The van der Waals surface area contributed by atoms with Gasteiger partial charge in [-0.05, 0) is 125 Å². The van der Waals surface area contributed by atoms with E-state index in [4.69, 9.17) is 0 Å². The quantitative estimate of drug-likeness (QED) is 0.0124. The minimum absolute atomic E-state index is 0.255. The molecular formula is C80H62F16N12O8S4. The van der Waals surface area contributed by atoms with E-state index in [0.717, 1.165) is 24.3 Å². The summed E-state index contributed by atoms with van der Waals surface area (Å²) in [6.45, 7) is 0.629. The van der Waals surface area contributed by atoms with Gasteiger partial charge in [-0.3, -0.25) is 0 Å². The molecule has 0 unspecified atom stereocenters. The van der Waals surface area contributed by atoms with Gasteiger partial charge in [-0.1, -0.05) is 70.8 Å². The van der Waals surface area contributed by atoms with Crippen molar-refractivity contribution >= 4 is 109 Å². The molecule has 0 spiro atoms. The molecule has 40 heteroatoms. The third-order valence-electron chi connectivity index (χ3n) is 19.0. The van der Waals surface area contributed by atoms with Gasteiger partial charge in [-0.15, -0.1) is 0 Å². The van der Waals surface area contributed by atoms with E-state index in [1.165, 1.54) is 97.1 Å². The van der Waals surface area contributed by atoms with Crippen LogP contribution >= 0.6 is 0 Å². The van der Waals surface area contributed by atoms with Crippen molar-refractivity contribution < 1.29 is 104 Å². The van der Waals surface area contributed by atoms with Crippen LogP contribution in [0.3, 0.4) is 0 Å². The maximum absolute atomic E-state index is 17.5. The topological polar surface area (TPSA) is 290 Å². The average Bonchev–Trinajstić information content (AvgIpc) is 1.55. The Morgan fingerprint density at radius 3 is 0.567 bits per heavy atom. The van der Waals surface area contributed by atoms with E-state index in [1.807, 2.05) is 0 Å². The molecule has 2 aliphatic heterocycles. The number of H-pyrrole nitrogens is 2. The maximum atomic E-state index is 17.5. The standard InChI is InChI=1S/C80H62F16N12O8S4/c1-37-5-13-41(14-6-37)117(109,110)101-33-29-97-77-69(89)61(81)57(62(82)70(77)90)53-45-21-23-47(105-45)54(58-63(83)71(91)78(72(92)64(58)84)98-30-34-102-118(111,112)42-15-7-38(2)8-16-42)49-25-27-51(107-49)56(60-67(87)75(95)80(76(96)68(60)88)100-32-36-104-120(115,116)44-19-11-40(4)12-20-44)52-28-26-50(108-52)55(48-24-22-46(53)106-48)59-65(85)73(93)79(74(94)66(59)86)99-31-35-103-119(113,114)43-17-9-39(3)10-18-43/h5-28,97-105,108H,29-36H2,1-4H3. The van der Waals surface area contributed by atoms with Crippen LogP contribution in [0.4, 0.5) is 93.0 Å². The number of sulfonamides is 4. The smallest absolute Gasteiger partial charge is 0.240 e. The Bertz CT molecular complexity index is 5840. The molecular weight excluding hydrogens is 1690 g/mol. The summed E-state index contributed by atoms with van der Waals surface area (Å²) in [5.41, 5.74) is -23.2. The Balaban J connectivity index is 1.03. The van der Waals surface area contributed by atoms with Crippen LogP contribution in [0.15, 0.2) is 141 Å². The second-order valence-corrected chi connectivity index (χ2v) is 34.1. The maximum Gasteiger partial charge on any atom is 0.240 e. The Labute approximate surface area is 673 Å². The van der Waals surface area contributed by atoms with Gasteiger partial charge in [-0.25, -0.2) is 133 Å². The zero-order chi connectivity index (χ0) is 86.5. The minimum Gasteiger partial charge on any atom is -0.379 e. The molecule has 11 aromatic rings. The Morgan fingerprint density at radius 1 is 0.233 bits per heavy atom. The first-order valence-electron chi connectivity index (χ1n) is 35.6. The van der Waals surface area contributed by atoms with Crippen LogP contribution in [0.25, 0.3) is 90.9 Å². The molecule has 0 atom stereocenters. The van der Waals surface area contributed by atoms with E-state index < -0.39 is 298 Å². The van der Waals surface area contributed by atoms with Gasteiger partial charge in [0.25, 0.3) is 0 Å². The molecule has 8 bridgehead atoms. The van der Waals surface area contributed by atoms with Gasteiger partial charge in [0.05, 0.1) is 64.6 Å². The summed E-state index contributed by atoms with van der Waals surface area (Å²) in [5, 5.41) is 8.27. The molecule has 120 heavy (non-hydrogen) atoms. The van der Waals surface area contributed by atoms with Gasteiger partial charge < -0.3 is 31.2 Å². The highest BCUT2D eigenvalue weighted by atomic mass is 32.2. The molecule has 13 rings (SSSR count). The summed E-state index contributed by atoms with van der Waals surface area (Å²) in [5.74, 6) is -36.8. The largest absolute Gasteiger partial charge is 0.379 e. The number of hydrogen-bond donors (Lipinski definition) is 10. The van der Waals surface area contributed by atoms with Gasteiger partial charge >= 0.3 is 0 Å². The van der Waals surface area contributed by atoms with Crippen molar-refractivity contribution in [2.45, 2.75) is 47.3 Å². The summed E-state index contributed by atoms with van der Waals surface area (Å²) < 4.78 is 389. The van der Waals surface area contributed by atoms with E-state index >= 15 is 70.2 Å². The van der Waals surface area contributed by atoms with Crippen molar-refractivity contribution in [1.29, 1.82) is 0 Å². The van der Waals surface area contributed by atoms with E-state index in [2.05, 4.69) is 60.1 Å². The van der Waals surface area contributed by atoms with Crippen LogP contribution in [0.1, 0.15) is 45.0 Å². The number of fused-ring (bicyclic) bond motifs is 8. The normalized spacial score (nSPS) is 12.4. The first-order chi connectivity index (χ1) is 56.8. The van der Waals surface area contributed by atoms with E-state index in [1.54, 1.807) is 27.7 Å². The number of benzene rings is 8. The van der Waals surface area contributed by atoms with Crippen molar-refractivity contribution in [2.24, 2.45) is 0 Å². The SMILES string of the molecule is Cc1ccc(S(=O)(=O)NCCNc2c(F)c(F)c(-c3c4nc(c(-c5c(F)c(F)c(NCCNS(=O)(=O)c6ccc(C)cc6)c(F)c5F)c5ccc([nH]5)c(-c5c(F)c(F)c(NCCNS(=O)(=O)c6ccc(C)cc6)c(F)c5F)c5nc(c(-c6c(F)c(F)c(NCCNS(=O)(=O)c7ccc(C)cc7)c(F)c6F)c6ccc3[nH]6)C=C5)C=C4)c(F)c2F)cc1. The number of aromatic amines is 2. The number of aromatic nitrogens is 4. The van der Waals surface area contributed by atoms with Crippen LogP contribution in [0, 0.1) is 121 Å². The van der Waals surface area contributed by atoms with Crippen LogP contribution in [0.5, 0.6) is 0 Å². The predicted octanol–water partition coefficient (Wildman–Crippen LogP) is 16.3. The fourth-order valence-corrected chi connectivity index (χ4v) is 17.1. The van der Waals surface area contributed by atoms with Gasteiger partial charge in [0.2, 0.25) is 40.1 Å². The predicted molar refractivity (Wildman–Crippen MR) is 419 cm³/mol. The third kappa shape index (κ3) is 16.8. The number of nitrogens with zero attached hydrogens (tertiary/aromatic N) is 2. The molecule has 0 amide bonds. The van der Waals surface area contributed by atoms with Crippen LogP contribution in [0.2, 0.25) is 0 Å². The highest BCUT2D eigenvalue weighted by molar-refractivity contribution is 7.90. The number of nitrogens with one attached hydrogen (secondary N) is 10. The Morgan fingerprint density at radius 2 is 0.400 bits per heavy atom. The Hall–Kier alpha value is -11.9. The third-order valence-corrected chi connectivity index (χ3v) is 24.9. The Kier molecular flexibility index (Phi) is 24.4. The lowest BCUT2D eigenvalue weighted by Gasteiger charge is -2.16. The second kappa shape index (κ2) is 34.1. The summed E-state index contributed by atoms with van der Waals surface area (Å²) in [6.07, 6.45) is 2.80. The lowest BCUT2D eigenvalue weighted by Crippen LogP contribution is -2.29. The summed E-state index contributed by atoms with van der Waals surface area (Å²) in [7, 11) is -17.3. The fraction of sp³-hybridized carbons (Fsp3) is 0.150. The van der Waals surface area contributed by atoms with Crippen molar-refractivity contribution in [2.75, 3.05) is 73.6 Å². The van der Waals surface area contributed by atoms with Gasteiger partial charge in [-0.2, -0.15) is 0 Å². The van der Waals surface area contributed by atoms with Gasteiger partial charge in [0, 0.05) is 96.7 Å². The van der Waals surface area contributed by atoms with Crippen molar-refractivity contribution in [3.63, 3.8) is 0 Å². The molecule has 0 radical (unpaired) electrons. The van der Waals surface area contributed by atoms with Crippen molar-refractivity contribution in [3.8, 4) is 44.5 Å². The number of halogens is 16. The van der Waals surface area contributed by atoms with E-state index in [0.29, 0.717) is 46.6 Å². The highest BCUT2D eigenvalue weighted by Crippen LogP contribution is 2.47.